The fourth-order valence-corrected chi connectivity index (χ4v) is 8.47. The highest BCUT2D eigenvalue weighted by Crippen LogP contribution is 2.43. The number of hydrogen-bond donors (Lipinski definition) is 3. The van der Waals surface area contributed by atoms with Crippen LogP contribution in [0.3, 0.4) is 0 Å². The minimum atomic E-state index is -1.69. The number of benzene rings is 4. The second kappa shape index (κ2) is 16.7. The molecule has 4 N–H and O–H groups in total. The van der Waals surface area contributed by atoms with Gasteiger partial charge in [0.25, 0.3) is 0 Å². The van der Waals surface area contributed by atoms with Crippen LogP contribution < -0.4 is 19.9 Å². The molecule has 8 bridgehead atoms. The smallest absolute Gasteiger partial charge is 0.227 e. The van der Waals surface area contributed by atoms with Crippen LogP contribution in [0.25, 0.3) is 90.9 Å². The minimum Gasteiger partial charge on any atom is -0.497 e. The minimum absolute atomic E-state index is 0.0210. The van der Waals surface area contributed by atoms with E-state index in [-0.39, 0.29) is 28.7 Å². The van der Waals surface area contributed by atoms with E-state index in [0.29, 0.717) is 61.9 Å². The number of carbonyl (C=O) groups is 1. The number of aromatic amines is 2. The zero-order chi connectivity index (χ0) is 43.9. The first kappa shape index (κ1) is 40.8. The molecule has 2 aliphatic rings. The first-order valence-corrected chi connectivity index (χ1v) is 20.4. The van der Waals surface area contributed by atoms with Crippen LogP contribution >= 0.6 is 11.8 Å². The number of primary amides is 1. The van der Waals surface area contributed by atoms with E-state index >= 15 is 17.6 Å². The SMILES string of the molecule is COc1ccc(-c2c3nc(c(-c4c(F)c(F)c(SCC(N)=O)c(F)c4F)c4nc(c(-c5ccc(OC)cc5)c5ccc([nH]5)c(-c5ccc(OC)cc5)c5ccc2[nH]5)C=C4)C=C3)cc1. The number of H-pyrrole nitrogens is 2. The number of ether oxygens (including phenoxy) is 3. The van der Waals surface area contributed by atoms with Crippen molar-refractivity contribution in [3.63, 3.8) is 0 Å². The predicted molar refractivity (Wildman–Crippen MR) is 240 cm³/mol. The summed E-state index contributed by atoms with van der Waals surface area (Å²) in [5.74, 6) is -6.39. The Kier molecular flexibility index (Phi) is 10.8. The fraction of sp³-hybridized carbons (Fsp3) is 0.0816. The van der Waals surface area contributed by atoms with Crippen LogP contribution in [0.5, 0.6) is 17.2 Å². The Morgan fingerprint density at radius 3 is 1.17 bits per heavy atom. The molecule has 0 spiro atoms. The largest absolute Gasteiger partial charge is 0.497 e. The van der Waals surface area contributed by atoms with Gasteiger partial charge >= 0.3 is 0 Å². The molecule has 0 saturated carbocycles. The normalized spacial score (nSPS) is 11.9. The Balaban J connectivity index is 1.45. The summed E-state index contributed by atoms with van der Waals surface area (Å²) < 4.78 is 81.3. The number of aromatic nitrogens is 4. The molecule has 4 aromatic carbocycles. The molecule has 0 aliphatic carbocycles. The van der Waals surface area contributed by atoms with Crippen LogP contribution in [0, 0.1) is 23.3 Å². The van der Waals surface area contributed by atoms with Gasteiger partial charge in [0.15, 0.2) is 23.3 Å². The maximum absolute atomic E-state index is 16.5. The van der Waals surface area contributed by atoms with E-state index in [1.807, 2.05) is 72.8 Å². The van der Waals surface area contributed by atoms with Crippen LogP contribution in [0.2, 0.25) is 0 Å². The van der Waals surface area contributed by atoms with Gasteiger partial charge in [-0.3, -0.25) is 4.79 Å². The topological polar surface area (TPSA) is 128 Å². The van der Waals surface area contributed by atoms with Gasteiger partial charge in [0, 0.05) is 44.3 Å². The van der Waals surface area contributed by atoms with Gasteiger partial charge in [-0.05, 0) is 102 Å². The summed E-state index contributed by atoms with van der Waals surface area (Å²) in [6.45, 7) is 0. The van der Waals surface area contributed by atoms with Crippen LogP contribution in [0.4, 0.5) is 17.6 Å². The molecule has 63 heavy (non-hydrogen) atoms. The lowest BCUT2D eigenvalue weighted by atomic mass is 10.00. The highest BCUT2D eigenvalue weighted by Gasteiger charge is 2.31. The molecular weight excluding hydrogens is 831 g/mol. The highest BCUT2D eigenvalue weighted by atomic mass is 32.2. The first-order valence-electron chi connectivity index (χ1n) is 19.4. The van der Waals surface area contributed by atoms with Gasteiger partial charge in [0.2, 0.25) is 5.91 Å². The van der Waals surface area contributed by atoms with Crippen molar-refractivity contribution in [2.24, 2.45) is 5.73 Å². The van der Waals surface area contributed by atoms with Crippen molar-refractivity contribution >= 4 is 64.0 Å². The third-order valence-corrected chi connectivity index (χ3v) is 11.8. The van der Waals surface area contributed by atoms with E-state index in [1.165, 1.54) is 12.2 Å². The second-order valence-corrected chi connectivity index (χ2v) is 15.4. The third kappa shape index (κ3) is 7.48. The summed E-state index contributed by atoms with van der Waals surface area (Å²) in [7, 11) is 4.73. The lowest BCUT2D eigenvalue weighted by molar-refractivity contribution is -0.115. The molecule has 7 aromatic rings. The number of fused-ring (bicyclic) bond motifs is 8. The highest BCUT2D eigenvalue weighted by molar-refractivity contribution is 8.00. The maximum Gasteiger partial charge on any atom is 0.227 e. The van der Waals surface area contributed by atoms with Crippen LogP contribution in [-0.4, -0.2) is 52.9 Å². The predicted octanol–water partition coefficient (Wildman–Crippen LogP) is 11.5. The van der Waals surface area contributed by atoms with E-state index in [0.717, 1.165) is 22.2 Å². The zero-order valence-corrected chi connectivity index (χ0v) is 34.6. The summed E-state index contributed by atoms with van der Waals surface area (Å²) in [6.07, 6.45) is 6.37. The summed E-state index contributed by atoms with van der Waals surface area (Å²) in [6, 6.07) is 30.0. The zero-order valence-electron chi connectivity index (χ0n) is 33.8. The Morgan fingerprint density at radius 2 is 0.825 bits per heavy atom. The second-order valence-electron chi connectivity index (χ2n) is 14.4. The van der Waals surface area contributed by atoms with Gasteiger partial charge in [-0.2, -0.15) is 0 Å². The van der Waals surface area contributed by atoms with Crippen LogP contribution in [0.15, 0.2) is 102 Å². The van der Waals surface area contributed by atoms with Crippen molar-refractivity contribution in [2.75, 3.05) is 27.1 Å². The fourth-order valence-electron chi connectivity index (χ4n) is 7.76. The number of nitrogens with one attached hydrogen (secondary N) is 2. The van der Waals surface area contributed by atoms with E-state index in [1.54, 1.807) is 57.7 Å². The van der Waals surface area contributed by atoms with E-state index in [2.05, 4.69) is 9.97 Å². The standard InChI is InChI=1S/C49H35F4N5O4S/c1-60-28-10-4-25(5-11-28)40-31-16-18-33(55-31)41(26-6-12-29(61-2)13-7-26)35-20-22-37(57-35)43(44-45(50)47(52)49(48(53)46(44)51)63-24-39(54)59)38-23-21-36(58-38)42(34-19-17-32(40)56-34)27-8-14-30(62-3)15-9-27/h4-23,55-56H,24H2,1-3H3,(H2,54,59). The summed E-state index contributed by atoms with van der Waals surface area (Å²) in [4.78, 5) is 27.6. The molecule has 9 rings (SSSR count). The Hall–Kier alpha value is -7.58. The quantitative estimate of drug-likeness (QED) is 0.0709. The van der Waals surface area contributed by atoms with Crippen molar-refractivity contribution in [1.82, 2.24) is 19.9 Å². The van der Waals surface area contributed by atoms with Crippen LogP contribution in [-0.2, 0) is 4.79 Å². The molecule has 0 radical (unpaired) electrons. The maximum atomic E-state index is 16.5. The Morgan fingerprint density at radius 1 is 0.492 bits per heavy atom. The molecule has 3 aromatic heterocycles. The van der Waals surface area contributed by atoms with E-state index in [9.17, 15) is 4.79 Å². The summed E-state index contributed by atoms with van der Waals surface area (Å²) in [5.41, 5.74) is 11.6. The molecule has 314 valence electrons. The lowest BCUT2D eigenvalue weighted by Gasteiger charge is -2.13. The first-order chi connectivity index (χ1) is 30.6. The van der Waals surface area contributed by atoms with Gasteiger partial charge < -0.3 is 29.9 Å². The van der Waals surface area contributed by atoms with E-state index < -0.39 is 45.4 Å². The molecule has 0 atom stereocenters. The van der Waals surface area contributed by atoms with Gasteiger partial charge in [-0.15, -0.1) is 11.8 Å². The summed E-state index contributed by atoms with van der Waals surface area (Å²) >= 11 is 0.258. The number of nitrogens with zero attached hydrogens (tertiary/aromatic N) is 2. The molecule has 1 amide bonds. The average Bonchev–Trinajstić information content (AvgIpc) is 4.16. The average molecular weight is 866 g/mol. The Bertz CT molecular complexity index is 3020. The number of rotatable bonds is 10. The lowest BCUT2D eigenvalue weighted by Crippen LogP contribution is -2.14. The number of nitrogens with two attached hydrogens (primary N) is 1. The van der Waals surface area contributed by atoms with Gasteiger partial charge in [0.1, 0.15) is 17.2 Å². The molecule has 0 fully saturated rings. The van der Waals surface area contributed by atoms with Gasteiger partial charge in [-0.1, -0.05) is 36.4 Å². The summed E-state index contributed by atoms with van der Waals surface area (Å²) in [5, 5.41) is 0. The number of methoxy groups -OCH3 is 3. The van der Waals surface area contributed by atoms with Crippen molar-refractivity contribution in [1.29, 1.82) is 0 Å². The molecular formula is C49H35F4N5O4S. The molecule has 14 heteroatoms. The Labute approximate surface area is 361 Å². The monoisotopic (exact) mass is 865 g/mol. The number of amides is 1. The van der Waals surface area contributed by atoms with Crippen molar-refractivity contribution in [3.8, 4) is 61.8 Å². The van der Waals surface area contributed by atoms with Crippen molar-refractivity contribution < 1.29 is 36.6 Å². The number of carbonyl (C=O) groups excluding carboxylic acids is 1. The molecule has 5 heterocycles. The molecule has 0 unspecified atom stereocenters. The number of thioether (sulfide) groups is 1. The van der Waals surface area contributed by atoms with Gasteiger partial charge in [-0.25, -0.2) is 27.5 Å². The van der Waals surface area contributed by atoms with Crippen LogP contribution in [0.1, 0.15) is 22.8 Å². The molecule has 2 aliphatic heterocycles. The number of hydrogen-bond acceptors (Lipinski definition) is 7. The molecule has 9 nitrogen and oxygen atoms in total. The van der Waals surface area contributed by atoms with Crippen molar-refractivity contribution in [2.45, 2.75) is 4.90 Å². The number of halogens is 4. The van der Waals surface area contributed by atoms with Gasteiger partial charge in [0.05, 0.1) is 60.3 Å². The van der Waals surface area contributed by atoms with E-state index in [4.69, 9.17) is 29.9 Å². The molecule has 0 saturated heterocycles. The third-order valence-electron chi connectivity index (χ3n) is 10.7. The van der Waals surface area contributed by atoms with Crippen molar-refractivity contribution in [3.05, 3.63) is 143 Å².